The molecule has 3 heterocycles. The summed E-state index contributed by atoms with van der Waals surface area (Å²) in [5.74, 6) is -0.656. The number of aromatic nitrogens is 1. The number of carbonyl (C=O) groups is 1. The number of nitrogens with zero attached hydrogens (tertiary/aromatic N) is 3. The van der Waals surface area contributed by atoms with Crippen LogP contribution >= 0.6 is 11.3 Å². The predicted molar refractivity (Wildman–Crippen MR) is 155 cm³/mol. The summed E-state index contributed by atoms with van der Waals surface area (Å²) in [4.78, 5) is 21.3. The molecule has 0 aliphatic carbocycles. The number of piperidine rings is 1. The van der Waals surface area contributed by atoms with Gasteiger partial charge in [0.15, 0.2) is 0 Å². The van der Waals surface area contributed by atoms with Crippen molar-refractivity contribution in [1.82, 2.24) is 14.8 Å². The van der Waals surface area contributed by atoms with Crippen LogP contribution in [-0.2, 0) is 9.53 Å². The van der Waals surface area contributed by atoms with Crippen LogP contribution in [0.5, 0.6) is 0 Å². The van der Waals surface area contributed by atoms with Gasteiger partial charge in [-0.1, -0.05) is 6.58 Å². The average molecular weight is 591 g/mol. The third-order valence-corrected chi connectivity index (χ3v) is 8.45. The Morgan fingerprint density at radius 1 is 1.29 bits per heavy atom. The molecule has 1 fully saturated rings. The zero-order valence-electron chi connectivity index (χ0n) is 23.5. The van der Waals surface area contributed by atoms with Crippen LogP contribution in [0.1, 0.15) is 47.8 Å². The second-order valence-electron chi connectivity index (χ2n) is 10.4. The standard InChI is InChI=1S/C28H34BF4N5O2S/c1-15(2)38-12-10-18(11-13-38)27(39)37(4)23(25(30)31)17-6-8-19(9-7-17)36-20-14-35-26-22(29-16(3)41-26)21(20)24(40-5)28(32,33)34/h6-9,14,18,23-25,36H,1,10-13,34H2,2-5H3/t23-,24?/m0/s1. The summed E-state index contributed by atoms with van der Waals surface area (Å²) < 4.78 is 63.3. The Morgan fingerprint density at radius 3 is 2.46 bits per heavy atom. The van der Waals surface area contributed by atoms with E-state index < -0.39 is 24.6 Å². The minimum absolute atomic E-state index is 0.145. The van der Waals surface area contributed by atoms with Crippen molar-refractivity contribution in [3.63, 3.8) is 0 Å². The van der Waals surface area contributed by atoms with E-state index in [0.29, 0.717) is 41.7 Å². The zero-order valence-corrected chi connectivity index (χ0v) is 24.3. The number of nitrogens with one attached hydrogen (secondary N) is 1. The monoisotopic (exact) mass is 591 g/mol. The van der Waals surface area contributed by atoms with Gasteiger partial charge in [-0.15, -0.1) is 0 Å². The molecular formula is C28H34BF4N5O2S. The van der Waals surface area contributed by atoms with Crippen molar-refractivity contribution in [3.05, 3.63) is 58.6 Å². The largest absolute Gasteiger partial charge is 0.0238 e. The number of benzene rings is 1. The normalized spacial score (nSPS) is 16.1. The number of amides is 1. The Hall–Kier alpha value is -3.03. The number of hydrogen-bond acceptors (Lipinski definition) is 7. The summed E-state index contributed by atoms with van der Waals surface area (Å²) in [5.41, 5.74) is 7.20. The first-order valence-electron chi connectivity index (χ1n) is 13.2. The van der Waals surface area contributed by atoms with Crippen molar-refractivity contribution in [2.45, 2.75) is 51.3 Å². The second-order valence-corrected chi connectivity index (χ2v) is 11.7. The number of alkyl halides is 4. The van der Waals surface area contributed by atoms with Crippen molar-refractivity contribution < 1.29 is 27.1 Å². The van der Waals surface area contributed by atoms with Gasteiger partial charge in [0.1, 0.15) is 0 Å². The van der Waals surface area contributed by atoms with Gasteiger partial charge in [0.05, 0.1) is 0 Å². The Bertz CT molecular complexity index is 1390. The maximum absolute atomic E-state index is 14.4. The minimum atomic E-state index is -3.68. The first-order chi connectivity index (χ1) is 19.3. The van der Waals surface area contributed by atoms with E-state index in [4.69, 9.17) is 10.5 Å². The molecule has 3 N–H and O–H groups in total. The number of rotatable bonds is 10. The predicted octanol–water partition coefficient (Wildman–Crippen LogP) is 5.94. The molecule has 1 amide bonds. The van der Waals surface area contributed by atoms with Crippen molar-refractivity contribution >= 4 is 45.6 Å². The van der Waals surface area contributed by atoms with Crippen LogP contribution in [0.4, 0.5) is 28.9 Å². The molecule has 0 radical (unpaired) electrons. The summed E-state index contributed by atoms with van der Waals surface area (Å²) in [7, 11) is 2.56. The molecule has 0 saturated carbocycles. The van der Waals surface area contributed by atoms with E-state index >= 15 is 0 Å². The molecule has 1 saturated heterocycles. The molecular weight excluding hydrogens is 557 g/mol. The SMILES string of the molecule is C=C(C)N1CCC(C(=O)N(C)[C@@H](c2ccc(Nc3cnc4sc(C)bc4c3C(OC)C(N)(F)F)cc2)C(F)F)CC1. The third kappa shape index (κ3) is 6.73. The van der Waals surface area contributed by atoms with Gasteiger partial charge < -0.3 is 4.90 Å². The molecule has 3 aromatic rings. The summed E-state index contributed by atoms with van der Waals surface area (Å²) in [6, 6.07) is 0.998. The minimum Gasteiger partial charge on any atom is -0.0238 e. The molecule has 13 heteroatoms. The van der Waals surface area contributed by atoms with Gasteiger partial charge in [0.2, 0.25) is 0 Å². The second kappa shape index (κ2) is 12.5. The number of fused-ring (bicyclic) bond motifs is 1. The number of likely N-dealkylation sites (tertiary alicyclic amines) is 1. The zero-order chi connectivity index (χ0) is 30.1. The number of ether oxygens (including phenoxy) is 1. The van der Waals surface area contributed by atoms with E-state index in [2.05, 4.69) is 21.8 Å². The first kappa shape index (κ1) is 30.9. The van der Waals surface area contributed by atoms with Crippen molar-refractivity contribution in [2.24, 2.45) is 11.7 Å². The summed E-state index contributed by atoms with van der Waals surface area (Å²) >= 11 is 1.35. The van der Waals surface area contributed by atoms with Crippen LogP contribution in [0, 0.1) is 12.8 Å². The third-order valence-electron chi connectivity index (χ3n) is 7.49. The van der Waals surface area contributed by atoms with Crippen LogP contribution in [0.3, 0.4) is 0 Å². The molecule has 0 bridgehead atoms. The topological polar surface area (TPSA) is 83.7 Å². The number of nitrogens with two attached hydrogens (primary N) is 1. The molecule has 1 aliphatic rings. The Labute approximate surface area is 241 Å². The van der Waals surface area contributed by atoms with Crippen LogP contribution in [0.15, 0.2) is 42.7 Å². The van der Waals surface area contributed by atoms with Crippen molar-refractivity contribution in [1.29, 1.82) is 0 Å². The molecule has 41 heavy (non-hydrogen) atoms. The Balaban J connectivity index is 1.57. The Kier molecular flexibility index (Phi) is 9.40. The molecule has 2 aromatic heterocycles. The fraction of sp³-hybridized carbons (Fsp3) is 0.464. The van der Waals surface area contributed by atoms with Gasteiger partial charge in [-0.2, -0.15) is 0 Å². The molecule has 1 unspecified atom stereocenters. The molecule has 220 valence electrons. The number of allylic oxidation sites excluding steroid dienone is 1. The van der Waals surface area contributed by atoms with E-state index in [1.165, 1.54) is 36.7 Å². The van der Waals surface area contributed by atoms with Crippen molar-refractivity contribution in [2.75, 3.05) is 32.6 Å². The van der Waals surface area contributed by atoms with Gasteiger partial charge in [0, 0.05) is 18.8 Å². The van der Waals surface area contributed by atoms with E-state index in [1.807, 2.05) is 13.8 Å². The molecule has 7 nitrogen and oxygen atoms in total. The summed E-state index contributed by atoms with van der Waals surface area (Å²) in [6.07, 6.45) is -2.00. The molecule has 2 atom stereocenters. The van der Waals surface area contributed by atoms with Gasteiger partial charge in [-0.3, -0.25) is 0 Å². The van der Waals surface area contributed by atoms with Crippen LogP contribution in [0.25, 0.3) is 10.1 Å². The van der Waals surface area contributed by atoms with Crippen LogP contribution in [0.2, 0.25) is 0 Å². The number of carbonyl (C=O) groups excluding carboxylic acids is 1. The maximum atomic E-state index is 14.4. The number of halogens is 4. The summed E-state index contributed by atoms with van der Waals surface area (Å²) in [6.45, 7) is 10.7. The van der Waals surface area contributed by atoms with Crippen LogP contribution in [-0.4, -0.2) is 67.3 Å². The first-order valence-corrected chi connectivity index (χ1v) is 14.0. The molecule has 1 aromatic carbocycles. The van der Waals surface area contributed by atoms with Crippen LogP contribution < -0.4 is 11.1 Å². The number of pyridine rings is 1. The fourth-order valence-corrected chi connectivity index (χ4v) is 6.23. The number of hydrogen-bond donors (Lipinski definition) is 2. The number of anilines is 2. The van der Waals surface area contributed by atoms with Gasteiger partial charge in [-0.25, -0.2) is 0 Å². The van der Waals surface area contributed by atoms with E-state index in [-0.39, 0.29) is 28.6 Å². The molecule has 0 spiro atoms. The molecule has 4 rings (SSSR count). The number of methoxy groups -OCH3 is 1. The maximum Gasteiger partial charge on any atom is 0.0182 e. The Morgan fingerprint density at radius 2 is 1.93 bits per heavy atom. The number of aryl methyl sites for hydroxylation is 1. The smallest absolute Gasteiger partial charge is 0.0182 e. The summed E-state index contributed by atoms with van der Waals surface area (Å²) in [5, 5.41) is 3.55. The van der Waals surface area contributed by atoms with E-state index in [1.54, 1.807) is 19.0 Å². The van der Waals surface area contributed by atoms with Gasteiger partial charge in [-0.05, 0) is 19.8 Å². The fourth-order valence-electron chi connectivity index (χ4n) is 5.37. The van der Waals surface area contributed by atoms with Gasteiger partial charge >= 0.3 is 192 Å². The quantitative estimate of drug-likeness (QED) is 0.225. The van der Waals surface area contributed by atoms with E-state index in [0.717, 1.165) is 22.5 Å². The van der Waals surface area contributed by atoms with Gasteiger partial charge in [0.25, 0.3) is 0 Å². The van der Waals surface area contributed by atoms with E-state index in [9.17, 15) is 22.4 Å². The van der Waals surface area contributed by atoms with Crippen molar-refractivity contribution in [3.8, 4) is 0 Å². The average Bonchev–Trinajstić information content (AvgIpc) is 3.30. The molecule has 1 aliphatic heterocycles.